The number of benzene rings is 1. The number of alkyl halides is 3. The number of halogens is 3. The van der Waals surface area contributed by atoms with Gasteiger partial charge in [-0.05, 0) is 44.5 Å². The monoisotopic (exact) mass is 383 g/mol. The van der Waals surface area contributed by atoms with Crippen LogP contribution in [0.2, 0.25) is 0 Å². The first-order chi connectivity index (χ1) is 12.6. The fraction of sp³-hybridized carbons (Fsp3) is 0.444. The number of rotatable bonds is 6. The number of nitrogens with one attached hydrogen (secondary N) is 1. The van der Waals surface area contributed by atoms with Crippen LogP contribution in [0.25, 0.3) is 5.69 Å². The fourth-order valence-electron chi connectivity index (χ4n) is 2.75. The van der Waals surface area contributed by atoms with E-state index in [9.17, 15) is 13.2 Å². The molecule has 6 nitrogen and oxygen atoms in total. The Hall–Kier alpha value is -2.55. The van der Waals surface area contributed by atoms with E-state index in [4.69, 9.17) is 10.5 Å². The van der Waals surface area contributed by atoms with E-state index in [0.717, 1.165) is 17.5 Å². The third-order valence-corrected chi connectivity index (χ3v) is 3.88. The third kappa shape index (κ3) is 5.46. The van der Waals surface area contributed by atoms with Crippen LogP contribution in [-0.4, -0.2) is 35.5 Å². The minimum atomic E-state index is -4.51. The van der Waals surface area contributed by atoms with E-state index in [1.807, 2.05) is 6.92 Å². The smallest absolute Gasteiger partial charge is 0.383 e. The van der Waals surface area contributed by atoms with Gasteiger partial charge in [-0.2, -0.15) is 18.3 Å². The standard InChI is InChI=1S/C18H24F3N5O/c1-11-7-13(3)26(25-11)15-6-5-14(16(8-15)18(19,20)21)9-23-17(22)24-12(2)10-27-4/h5-8,12H,9-10H2,1-4H3,(H3,22,23,24). The molecule has 9 heteroatoms. The predicted molar refractivity (Wildman–Crippen MR) is 97.8 cm³/mol. The van der Waals surface area contributed by atoms with E-state index in [1.165, 1.54) is 10.7 Å². The number of aliphatic imine (C=N–C) groups is 1. The number of ether oxygens (including phenoxy) is 1. The molecule has 3 N–H and O–H groups in total. The van der Waals surface area contributed by atoms with Crippen LogP contribution in [0.15, 0.2) is 29.3 Å². The molecule has 1 unspecified atom stereocenters. The Morgan fingerprint density at radius 1 is 1.33 bits per heavy atom. The Morgan fingerprint density at radius 3 is 2.59 bits per heavy atom. The zero-order chi connectivity index (χ0) is 20.2. The van der Waals surface area contributed by atoms with Crippen molar-refractivity contribution < 1.29 is 17.9 Å². The Kier molecular flexibility index (Phi) is 6.48. The van der Waals surface area contributed by atoms with Gasteiger partial charge < -0.3 is 15.8 Å². The Morgan fingerprint density at radius 2 is 2.04 bits per heavy atom. The highest BCUT2D eigenvalue weighted by Gasteiger charge is 2.33. The van der Waals surface area contributed by atoms with Crippen LogP contribution in [0.4, 0.5) is 13.2 Å². The first-order valence-electron chi connectivity index (χ1n) is 8.41. The molecule has 0 radical (unpaired) electrons. The van der Waals surface area contributed by atoms with E-state index in [1.54, 1.807) is 33.1 Å². The molecule has 0 saturated heterocycles. The van der Waals surface area contributed by atoms with Crippen molar-refractivity contribution in [3.63, 3.8) is 0 Å². The van der Waals surface area contributed by atoms with Crippen LogP contribution in [0, 0.1) is 13.8 Å². The molecule has 1 aromatic carbocycles. The molecule has 0 amide bonds. The molecular formula is C18H24F3N5O. The molecule has 1 heterocycles. The number of hydrogen-bond acceptors (Lipinski definition) is 3. The predicted octanol–water partition coefficient (Wildman–Crippen LogP) is 2.95. The summed E-state index contributed by atoms with van der Waals surface area (Å²) in [6, 6.07) is 5.79. The lowest BCUT2D eigenvalue weighted by Gasteiger charge is -2.16. The van der Waals surface area contributed by atoms with Gasteiger partial charge in [0.25, 0.3) is 0 Å². The van der Waals surface area contributed by atoms with Crippen LogP contribution < -0.4 is 11.1 Å². The fourth-order valence-corrected chi connectivity index (χ4v) is 2.75. The van der Waals surface area contributed by atoms with Gasteiger partial charge in [0.1, 0.15) is 0 Å². The first-order valence-corrected chi connectivity index (χ1v) is 8.41. The number of nitrogens with zero attached hydrogens (tertiary/aromatic N) is 3. The maximum Gasteiger partial charge on any atom is 0.416 e. The molecule has 2 rings (SSSR count). The summed E-state index contributed by atoms with van der Waals surface area (Å²) < 4.78 is 47.1. The summed E-state index contributed by atoms with van der Waals surface area (Å²) in [5.41, 5.74) is 6.87. The summed E-state index contributed by atoms with van der Waals surface area (Å²) in [4.78, 5) is 4.02. The van der Waals surface area contributed by atoms with E-state index in [0.29, 0.717) is 12.3 Å². The average molecular weight is 383 g/mol. The lowest BCUT2D eigenvalue weighted by Crippen LogP contribution is -2.40. The minimum Gasteiger partial charge on any atom is -0.383 e. The van der Waals surface area contributed by atoms with Crippen molar-refractivity contribution in [2.24, 2.45) is 10.7 Å². The molecule has 0 aliphatic heterocycles. The van der Waals surface area contributed by atoms with E-state index in [2.05, 4.69) is 15.4 Å². The number of aryl methyl sites for hydroxylation is 2. The van der Waals surface area contributed by atoms with Crippen molar-refractivity contribution in [2.75, 3.05) is 13.7 Å². The summed E-state index contributed by atoms with van der Waals surface area (Å²) in [6.45, 7) is 5.62. The lowest BCUT2D eigenvalue weighted by molar-refractivity contribution is -0.138. The summed E-state index contributed by atoms with van der Waals surface area (Å²) in [5, 5.41) is 7.10. The highest BCUT2D eigenvalue weighted by atomic mass is 19.4. The number of aromatic nitrogens is 2. The van der Waals surface area contributed by atoms with Gasteiger partial charge in [0, 0.05) is 18.8 Å². The quantitative estimate of drug-likeness (QED) is 0.594. The molecule has 0 spiro atoms. The molecule has 0 aliphatic rings. The van der Waals surface area contributed by atoms with Crippen LogP contribution in [0.5, 0.6) is 0 Å². The lowest BCUT2D eigenvalue weighted by atomic mass is 10.1. The number of methoxy groups -OCH3 is 1. The zero-order valence-corrected chi connectivity index (χ0v) is 15.8. The summed E-state index contributed by atoms with van der Waals surface area (Å²) in [5.74, 6) is 0.0651. The minimum absolute atomic E-state index is 0.0388. The summed E-state index contributed by atoms with van der Waals surface area (Å²) in [7, 11) is 1.55. The van der Waals surface area contributed by atoms with Gasteiger partial charge in [-0.25, -0.2) is 9.67 Å². The van der Waals surface area contributed by atoms with Gasteiger partial charge in [0.2, 0.25) is 0 Å². The van der Waals surface area contributed by atoms with Gasteiger partial charge in [-0.3, -0.25) is 0 Å². The molecule has 0 aliphatic carbocycles. The molecule has 0 saturated carbocycles. The van der Waals surface area contributed by atoms with Crippen molar-refractivity contribution in [2.45, 2.75) is 39.5 Å². The molecular weight excluding hydrogens is 359 g/mol. The normalized spacial score (nSPS) is 13.7. The molecule has 0 fully saturated rings. The van der Waals surface area contributed by atoms with Crippen molar-refractivity contribution in [3.05, 3.63) is 46.8 Å². The van der Waals surface area contributed by atoms with Crippen molar-refractivity contribution in [1.29, 1.82) is 0 Å². The second-order valence-electron chi connectivity index (χ2n) is 6.38. The van der Waals surface area contributed by atoms with Crippen molar-refractivity contribution in [3.8, 4) is 5.69 Å². The zero-order valence-electron chi connectivity index (χ0n) is 15.8. The Bertz CT molecular complexity index is 814. The second kappa shape index (κ2) is 8.43. The van der Waals surface area contributed by atoms with Gasteiger partial charge in [-0.1, -0.05) is 6.07 Å². The average Bonchev–Trinajstić information content (AvgIpc) is 2.90. The van der Waals surface area contributed by atoms with E-state index >= 15 is 0 Å². The maximum atomic E-state index is 13.5. The van der Waals surface area contributed by atoms with Gasteiger partial charge >= 0.3 is 6.18 Å². The molecule has 1 aromatic heterocycles. The highest BCUT2D eigenvalue weighted by Crippen LogP contribution is 2.34. The van der Waals surface area contributed by atoms with E-state index in [-0.39, 0.29) is 24.1 Å². The molecule has 2 aromatic rings. The van der Waals surface area contributed by atoms with Crippen molar-refractivity contribution >= 4 is 5.96 Å². The maximum absolute atomic E-state index is 13.5. The topological polar surface area (TPSA) is 77.5 Å². The van der Waals surface area contributed by atoms with Gasteiger partial charge in [0.05, 0.1) is 30.1 Å². The van der Waals surface area contributed by atoms with Gasteiger partial charge in [-0.15, -0.1) is 0 Å². The van der Waals surface area contributed by atoms with Gasteiger partial charge in [0.15, 0.2) is 5.96 Å². The van der Waals surface area contributed by atoms with Crippen LogP contribution in [0.1, 0.15) is 29.4 Å². The number of guanidine groups is 1. The summed E-state index contributed by atoms with van der Waals surface area (Å²) in [6.07, 6.45) is -4.51. The Balaban J connectivity index is 2.30. The van der Waals surface area contributed by atoms with E-state index < -0.39 is 11.7 Å². The first kappa shape index (κ1) is 20.8. The number of nitrogens with two attached hydrogens (primary N) is 1. The largest absolute Gasteiger partial charge is 0.416 e. The third-order valence-electron chi connectivity index (χ3n) is 3.88. The van der Waals surface area contributed by atoms with Crippen LogP contribution in [-0.2, 0) is 17.5 Å². The van der Waals surface area contributed by atoms with Crippen LogP contribution in [0.3, 0.4) is 0 Å². The van der Waals surface area contributed by atoms with Crippen molar-refractivity contribution in [1.82, 2.24) is 15.1 Å². The molecule has 148 valence electrons. The second-order valence-corrected chi connectivity index (χ2v) is 6.38. The molecule has 0 bridgehead atoms. The number of hydrogen-bond donors (Lipinski definition) is 2. The highest BCUT2D eigenvalue weighted by molar-refractivity contribution is 5.78. The Labute approximate surface area is 156 Å². The molecule has 1 atom stereocenters. The summed E-state index contributed by atoms with van der Waals surface area (Å²) >= 11 is 0. The van der Waals surface area contributed by atoms with Crippen LogP contribution >= 0.6 is 0 Å². The SMILES string of the molecule is COCC(C)NC(N)=NCc1ccc(-n2nc(C)cc2C)cc1C(F)(F)F. The molecule has 27 heavy (non-hydrogen) atoms.